The lowest BCUT2D eigenvalue weighted by Gasteiger charge is -2.08. The van der Waals surface area contributed by atoms with Gasteiger partial charge in [-0.3, -0.25) is 4.79 Å². The van der Waals surface area contributed by atoms with Gasteiger partial charge >= 0.3 is 0 Å². The second-order valence-corrected chi connectivity index (χ2v) is 7.31. The standard InChI is InChI=1S/C18H17NO5S/c1-13(20)17-11-19(25(21,22)15-6-4-3-5-7-15)18-9-8-14(10-16(17)18)12-24-23-2/h3-11H,12H2,1-2H3. The van der Waals surface area contributed by atoms with Gasteiger partial charge < -0.3 is 0 Å². The summed E-state index contributed by atoms with van der Waals surface area (Å²) in [5.74, 6) is -0.211. The topological polar surface area (TPSA) is 74.6 Å². The van der Waals surface area contributed by atoms with Crippen molar-refractivity contribution >= 4 is 26.7 Å². The number of benzene rings is 2. The van der Waals surface area contributed by atoms with E-state index in [2.05, 4.69) is 4.89 Å². The van der Waals surface area contributed by atoms with Crippen molar-refractivity contribution in [3.05, 3.63) is 65.9 Å². The van der Waals surface area contributed by atoms with Crippen molar-refractivity contribution in [3.63, 3.8) is 0 Å². The van der Waals surface area contributed by atoms with Crippen molar-refractivity contribution < 1.29 is 23.0 Å². The van der Waals surface area contributed by atoms with Gasteiger partial charge in [-0.1, -0.05) is 24.3 Å². The third kappa shape index (κ3) is 3.21. The maximum atomic E-state index is 12.9. The van der Waals surface area contributed by atoms with Crippen molar-refractivity contribution in [2.75, 3.05) is 7.11 Å². The molecule has 6 nitrogen and oxygen atoms in total. The van der Waals surface area contributed by atoms with Crippen LogP contribution >= 0.6 is 0 Å². The molecule has 0 N–H and O–H groups in total. The van der Waals surface area contributed by atoms with Gasteiger partial charge in [-0.25, -0.2) is 22.2 Å². The van der Waals surface area contributed by atoms with Crippen LogP contribution in [0, 0.1) is 0 Å². The van der Waals surface area contributed by atoms with Crippen LogP contribution < -0.4 is 0 Å². The number of fused-ring (bicyclic) bond motifs is 1. The highest BCUT2D eigenvalue weighted by Crippen LogP contribution is 2.27. The van der Waals surface area contributed by atoms with E-state index in [4.69, 9.17) is 4.89 Å². The summed E-state index contributed by atoms with van der Waals surface area (Å²) < 4.78 is 27.0. The fourth-order valence-corrected chi connectivity index (χ4v) is 4.04. The molecule has 0 aliphatic carbocycles. The number of rotatable bonds is 6. The minimum Gasteiger partial charge on any atom is -0.294 e. The summed E-state index contributed by atoms with van der Waals surface area (Å²) in [5, 5.41) is 0.559. The first-order valence-electron chi connectivity index (χ1n) is 7.56. The van der Waals surface area contributed by atoms with Gasteiger partial charge in [0.25, 0.3) is 10.0 Å². The highest BCUT2D eigenvalue weighted by atomic mass is 32.2. The number of hydrogen-bond donors (Lipinski definition) is 0. The zero-order valence-electron chi connectivity index (χ0n) is 13.8. The van der Waals surface area contributed by atoms with Crippen molar-refractivity contribution in [2.45, 2.75) is 18.4 Å². The lowest BCUT2D eigenvalue weighted by molar-refractivity contribution is -0.282. The smallest absolute Gasteiger partial charge is 0.268 e. The van der Waals surface area contributed by atoms with E-state index in [1.807, 2.05) is 0 Å². The molecule has 0 bridgehead atoms. The van der Waals surface area contributed by atoms with Crippen LogP contribution in [0.4, 0.5) is 0 Å². The Morgan fingerprint density at radius 2 is 1.84 bits per heavy atom. The summed E-state index contributed by atoms with van der Waals surface area (Å²) in [6.45, 7) is 1.60. The Bertz CT molecular complexity index is 1020. The molecule has 7 heteroatoms. The molecule has 0 spiro atoms. The molecular weight excluding hydrogens is 342 g/mol. The van der Waals surface area contributed by atoms with E-state index in [1.54, 1.807) is 36.4 Å². The van der Waals surface area contributed by atoms with Gasteiger partial charge in [0.05, 0.1) is 17.5 Å². The van der Waals surface area contributed by atoms with Crippen molar-refractivity contribution in [1.29, 1.82) is 0 Å². The van der Waals surface area contributed by atoms with E-state index < -0.39 is 10.0 Å². The largest absolute Gasteiger partial charge is 0.294 e. The number of aromatic nitrogens is 1. The zero-order chi connectivity index (χ0) is 18.0. The number of Topliss-reactive ketones (excluding diaryl/α,β-unsaturated/α-hetero) is 1. The zero-order valence-corrected chi connectivity index (χ0v) is 14.6. The Labute approximate surface area is 145 Å². The molecule has 0 fully saturated rings. The molecule has 3 aromatic rings. The Morgan fingerprint density at radius 3 is 2.48 bits per heavy atom. The highest BCUT2D eigenvalue weighted by Gasteiger charge is 2.22. The molecular formula is C18H17NO5S. The van der Waals surface area contributed by atoms with Crippen LogP contribution in [-0.4, -0.2) is 25.3 Å². The van der Waals surface area contributed by atoms with Crippen LogP contribution in [0.3, 0.4) is 0 Å². The van der Waals surface area contributed by atoms with Gasteiger partial charge in [0.1, 0.15) is 6.61 Å². The van der Waals surface area contributed by atoms with Gasteiger partial charge in [-0.15, -0.1) is 0 Å². The van der Waals surface area contributed by atoms with E-state index in [1.165, 1.54) is 32.4 Å². The van der Waals surface area contributed by atoms with E-state index in [0.717, 1.165) is 9.54 Å². The maximum absolute atomic E-state index is 12.9. The lowest BCUT2D eigenvalue weighted by atomic mass is 10.1. The van der Waals surface area contributed by atoms with Gasteiger partial charge in [-0.2, -0.15) is 0 Å². The number of ketones is 1. The Balaban J connectivity index is 2.21. The van der Waals surface area contributed by atoms with Crippen molar-refractivity contribution in [2.24, 2.45) is 0 Å². The quantitative estimate of drug-likeness (QED) is 0.384. The summed E-state index contributed by atoms with van der Waals surface area (Å²) in [7, 11) is -2.39. The molecule has 0 atom stereocenters. The fourth-order valence-electron chi connectivity index (χ4n) is 2.65. The molecule has 0 aliphatic rings. The predicted molar refractivity (Wildman–Crippen MR) is 92.8 cm³/mol. The molecule has 3 rings (SSSR count). The number of nitrogens with zero attached hydrogens (tertiary/aromatic N) is 1. The first kappa shape index (κ1) is 17.3. The Kier molecular flexibility index (Phi) is 4.71. The van der Waals surface area contributed by atoms with Crippen LogP contribution in [0.1, 0.15) is 22.8 Å². The van der Waals surface area contributed by atoms with E-state index >= 15 is 0 Å². The number of hydrogen-bond acceptors (Lipinski definition) is 5. The number of carbonyl (C=O) groups is 1. The Hall–Kier alpha value is -2.48. The second-order valence-electron chi connectivity index (χ2n) is 5.49. The summed E-state index contributed by atoms with van der Waals surface area (Å²) in [6, 6.07) is 13.2. The second kappa shape index (κ2) is 6.79. The maximum Gasteiger partial charge on any atom is 0.268 e. The molecule has 0 saturated heterocycles. The molecule has 0 aliphatic heterocycles. The molecule has 130 valence electrons. The first-order valence-corrected chi connectivity index (χ1v) is 9.00. The Morgan fingerprint density at radius 1 is 1.12 bits per heavy atom. The van der Waals surface area contributed by atoms with Crippen molar-refractivity contribution in [3.8, 4) is 0 Å². The van der Waals surface area contributed by atoms with E-state index in [-0.39, 0.29) is 17.3 Å². The minimum atomic E-state index is -3.80. The number of carbonyl (C=O) groups excluding carboxylic acids is 1. The van der Waals surface area contributed by atoms with Gasteiger partial charge in [0.15, 0.2) is 5.78 Å². The van der Waals surface area contributed by atoms with Crippen LogP contribution in [0.25, 0.3) is 10.9 Å². The van der Waals surface area contributed by atoms with Gasteiger partial charge in [0, 0.05) is 17.1 Å². The van der Waals surface area contributed by atoms with E-state index in [0.29, 0.717) is 16.5 Å². The normalized spacial score (nSPS) is 11.8. The average molecular weight is 359 g/mol. The summed E-state index contributed by atoms with van der Waals surface area (Å²) in [6.07, 6.45) is 1.37. The molecule has 0 unspecified atom stereocenters. The SMILES string of the molecule is COOCc1ccc2c(c1)c(C(C)=O)cn2S(=O)(=O)c1ccccc1. The molecule has 1 heterocycles. The van der Waals surface area contributed by atoms with Gasteiger partial charge in [-0.05, 0) is 36.8 Å². The summed E-state index contributed by atoms with van der Waals surface area (Å²) in [4.78, 5) is 21.6. The minimum absolute atomic E-state index is 0.161. The molecule has 0 saturated carbocycles. The predicted octanol–water partition coefficient (Wildman–Crippen LogP) is 3.16. The fraction of sp³-hybridized carbons (Fsp3) is 0.167. The summed E-state index contributed by atoms with van der Waals surface area (Å²) >= 11 is 0. The average Bonchev–Trinajstić information content (AvgIpc) is 3.00. The van der Waals surface area contributed by atoms with Crippen LogP contribution in [0.5, 0.6) is 0 Å². The third-order valence-electron chi connectivity index (χ3n) is 3.86. The van der Waals surface area contributed by atoms with Gasteiger partial charge in [0.2, 0.25) is 0 Å². The monoisotopic (exact) mass is 359 g/mol. The van der Waals surface area contributed by atoms with Crippen LogP contribution in [0.15, 0.2) is 59.6 Å². The molecule has 1 aromatic heterocycles. The lowest BCUT2D eigenvalue weighted by Crippen LogP contribution is -2.11. The van der Waals surface area contributed by atoms with Crippen LogP contribution in [0.2, 0.25) is 0 Å². The van der Waals surface area contributed by atoms with E-state index in [9.17, 15) is 13.2 Å². The first-order chi connectivity index (χ1) is 11.9. The molecule has 0 radical (unpaired) electrons. The molecule has 2 aromatic carbocycles. The van der Waals surface area contributed by atoms with Crippen molar-refractivity contribution in [1.82, 2.24) is 3.97 Å². The summed E-state index contributed by atoms with van der Waals surface area (Å²) in [5.41, 5.74) is 1.55. The third-order valence-corrected chi connectivity index (χ3v) is 5.55. The highest BCUT2D eigenvalue weighted by molar-refractivity contribution is 7.90. The van der Waals surface area contributed by atoms with Crippen LogP contribution in [-0.2, 0) is 26.4 Å². The molecule has 0 amide bonds. The molecule has 25 heavy (non-hydrogen) atoms.